The second kappa shape index (κ2) is 9.20. The van der Waals surface area contributed by atoms with Gasteiger partial charge in [-0.3, -0.25) is 9.59 Å². The van der Waals surface area contributed by atoms with Crippen molar-refractivity contribution in [3.05, 3.63) is 59.3 Å². The fourth-order valence-corrected chi connectivity index (χ4v) is 3.81. The summed E-state index contributed by atoms with van der Waals surface area (Å²) < 4.78 is 39.1. The normalized spacial score (nSPS) is 14.7. The number of carbonyl (C=O) groups is 3. The van der Waals surface area contributed by atoms with Crippen LogP contribution in [0.4, 0.5) is 24.7 Å². The van der Waals surface area contributed by atoms with Crippen molar-refractivity contribution in [1.82, 2.24) is 14.9 Å². The van der Waals surface area contributed by atoms with E-state index in [-0.39, 0.29) is 22.8 Å². The van der Waals surface area contributed by atoms with Crippen LogP contribution in [0.1, 0.15) is 39.3 Å². The zero-order valence-electron chi connectivity index (χ0n) is 18.0. The van der Waals surface area contributed by atoms with Gasteiger partial charge in [0.05, 0.1) is 22.5 Å². The van der Waals surface area contributed by atoms with Gasteiger partial charge in [0.2, 0.25) is 0 Å². The first-order valence-electron chi connectivity index (χ1n) is 10.5. The Morgan fingerprint density at radius 3 is 2.17 bits per heavy atom. The first-order valence-corrected chi connectivity index (χ1v) is 10.5. The number of carbonyl (C=O) groups excluding carboxylic acids is 1. The molecule has 1 fully saturated rings. The zero-order chi connectivity index (χ0) is 25.3. The smallest absolute Gasteiger partial charge is 0.416 e. The highest BCUT2D eigenvalue weighted by Gasteiger charge is 2.31. The number of fused-ring (bicyclic) bond motifs is 1. The van der Waals surface area contributed by atoms with Crippen LogP contribution in [0.15, 0.2) is 42.5 Å². The Hall–Kier alpha value is -4.22. The number of benzene rings is 2. The molecule has 0 aliphatic carbocycles. The van der Waals surface area contributed by atoms with Gasteiger partial charge in [0.15, 0.2) is 11.5 Å². The molecule has 0 saturated carbocycles. The van der Waals surface area contributed by atoms with Crippen molar-refractivity contribution in [3.63, 3.8) is 0 Å². The number of piperidine rings is 1. The van der Waals surface area contributed by atoms with Crippen LogP contribution in [-0.2, 0) is 11.0 Å². The number of hydrogen-bond acceptors (Lipinski definition) is 6. The summed E-state index contributed by atoms with van der Waals surface area (Å²) in [5.74, 6) is -3.28. The number of rotatable bonds is 5. The van der Waals surface area contributed by atoms with E-state index in [9.17, 15) is 32.7 Å². The molecule has 0 atom stereocenters. The predicted molar refractivity (Wildman–Crippen MR) is 117 cm³/mol. The number of aliphatic carboxylic acids is 1. The highest BCUT2D eigenvalue weighted by atomic mass is 19.4. The van der Waals surface area contributed by atoms with Gasteiger partial charge in [0.1, 0.15) is 0 Å². The van der Waals surface area contributed by atoms with Gasteiger partial charge < -0.3 is 20.4 Å². The van der Waals surface area contributed by atoms with E-state index in [1.807, 2.05) is 0 Å². The number of carboxylic acids is 2. The lowest BCUT2D eigenvalue weighted by atomic mass is 9.96. The average molecular weight is 488 g/mol. The lowest BCUT2D eigenvalue weighted by molar-refractivity contribution is -0.143. The Balaban J connectivity index is 1.55. The summed E-state index contributed by atoms with van der Waals surface area (Å²) in [6, 6.07) is 8.65. The van der Waals surface area contributed by atoms with E-state index >= 15 is 0 Å². The molecule has 35 heavy (non-hydrogen) atoms. The highest BCUT2D eigenvalue weighted by Crippen LogP contribution is 2.31. The predicted octanol–water partition coefficient (Wildman–Crippen LogP) is 4.03. The van der Waals surface area contributed by atoms with Crippen LogP contribution < -0.4 is 5.32 Å². The molecule has 1 aromatic heterocycles. The summed E-state index contributed by atoms with van der Waals surface area (Å²) in [6.07, 6.45) is -3.86. The van der Waals surface area contributed by atoms with Crippen molar-refractivity contribution in [2.24, 2.45) is 5.92 Å². The molecular weight excluding hydrogens is 469 g/mol. The first-order chi connectivity index (χ1) is 16.5. The molecule has 0 radical (unpaired) electrons. The summed E-state index contributed by atoms with van der Waals surface area (Å²) in [6.45, 7) is 0.648. The number of hydrogen-bond donors (Lipinski definition) is 3. The van der Waals surface area contributed by atoms with E-state index < -0.39 is 35.3 Å². The van der Waals surface area contributed by atoms with Crippen LogP contribution in [-0.4, -0.2) is 56.0 Å². The monoisotopic (exact) mass is 488 g/mol. The van der Waals surface area contributed by atoms with Gasteiger partial charge in [0, 0.05) is 24.3 Å². The topological polar surface area (TPSA) is 133 Å². The van der Waals surface area contributed by atoms with Gasteiger partial charge >= 0.3 is 18.1 Å². The molecule has 1 aliphatic heterocycles. The summed E-state index contributed by atoms with van der Waals surface area (Å²) in [5, 5.41) is 21.3. The fraction of sp³-hybridized carbons (Fsp3) is 0.261. The second-order valence-electron chi connectivity index (χ2n) is 8.03. The SMILES string of the molecule is O=C(O)c1nc2ccc(C(F)(F)F)cc2nc1Nc1ccc(C(=O)N2CCC(C(=O)O)CC2)cc1. The van der Waals surface area contributed by atoms with Crippen molar-refractivity contribution in [2.45, 2.75) is 19.0 Å². The van der Waals surface area contributed by atoms with Crippen LogP contribution >= 0.6 is 0 Å². The molecule has 1 aliphatic rings. The molecule has 182 valence electrons. The van der Waals surface area contributed by atoms with Crippen molar-refractivity contribution < 1.29 is 37.8 Å². The van der Waals surface area contributed by atoms with Crippen molar-refractivity contribution in [1.29, 1.82) is 0 Å². The molecule has 0 bridgehead atoms. The number of nitrogens with one attached hydrogen (secondary N) is 1. The molecule has 1 amide bonds. The number of likely N-dealkylation sites (tertiary alicyclic amines) is 1. The summed E-state index contributed by atoms with van der Waals surface area (Å²) in [4.78, 5) is 45.0. The number of alkyl halides is 3. The maximum absolute atomic E-state index is 13.0. The molecule has 9 nitrogen and oxygen atoms in total. The van der Waals surface area contributed by atoms with Crippen LogP contribution in [0.2, 0.25) is 0 Å². The molecule has 0 spiro atoms. The molecule has 1 saturated heterocycles. The minimum atomic E-state index is -4.60. The molecule has 3 aromatic rings. The van der Waals surface area contributed by atoms with E-state index in [1.54, 1.807) is 4.90 Å². The van der Waals surface area contributed by atoms with E-state index in [0.29, 0.717) is 37.2 Å². The Morgan fingerprint density at radius 2 is 1.60 bits per heavy atom. The van der Waals surface area contributed by atoms with Gasteiger partial charge in [-0.15, -0.1) is 0 Å². The number of anilines is 2. The number of aromatic carboxylic acids is 1. The Kier molecular flexibility index (Phi) is 6.29. The largest absolute Gasteiger partial charge is 0.481 e. The number of halogens is 3. The maximum Gasteiger partial charge on any atom is 0.416 e. The van der Waals surface area contributed by atoms with Crippen LogP contribution in [0.25, 0.3) is 11.0 Å². The molecule has 12 heteroatoms. The van der Waals surface area contributed by atoms with E-state index in [1.165, 1.54) is 24.3 Å². The first kappa shape index (κ1) is 23.9. The third-order valence-electron chi connectivity index (χ3n) is 5.72. The Labute approximate surface area is 196 Å². The Morgan fingerprint density at radius 1 is 0.943 bits per heavy atom. The van der Waals surface area contributed by atoms with Gasteiger partial charge in [-0.1, -0.05) is 0 Å². The zero-order valence-corrected chi connectivity index (χ0v) is 18.0. The number of carboxylic acid groups (broad SMARTS) is 2. The van der Waals surface area contributed by atoms with Gasteiger partial charge in [-0.25, -0.2) is 14.8 Å². The van der Waals surface area contributed by atoms with Crippen LogP contribution in [0, 0.1) is 5.92 Å². The number of nitrogens with zero attached hydrogens (tertiary/aromatic N) is 3. The van der Waals surface area contributed by atoms with Crippen molar-refractivity contribution >= 4 is 40.4 Å². The summed E-state index contributed by atoms with van der Waals surface area (Å²) in [5.41, 5.74) is -0.865. The van der Waals surface area contributed by atoms with E-state index in [0.717, 1.165) is 18.2 Å². The summed E-state index contributed by atoms with van der Waals surface area (Å²) >= 11 is 0. The van der Waals surface area contributed by atoms with Crippen molar-refractivity contribution in [2.75, 3.05) is 18.4 Å². The maximum atomic E-state index is 13.0. The van der Waals surface area contributed by atoms with Gasteiger partial charge in [-0.2, -0.15) is 13.2 Å². The molecule has 2 aromatic carbocycles. The van der Waals surface area contributed by atoms with E-state index in [2.05, 4.69) is 15.3 Å². The fourth-order valence-electron chi connectivity index (χ4n) is 3.81. The quantitative estimate of drug-likeness (QED) is 0.491. The third-order valence-corrected chi connectivity index (χ3v) is 5.72. The second-order valence-corrected chi connectivity index (χ2v) is 8.03. The molecule has 2 heterocycles. The van der Waals surface area contributed by atoms with Gasteiger partial charge in [-0.05, 0) is 55.3 Å². The lowest BCUT2D eigenvalue weighted by Gasteiger charge is -2.30. The minimum Gasteiger partial charge on any atom is -0.481 e. The molecular formula is C23H19F3N4O5. The van der Waals surface area contributed by atoms with Crippen LogP contribution in [0.3, 0.4) is 0 Å². The lowest BCUT2D eigenvalue weighted by Crippen LogP contribution is -2.40. The average Bonchev–Trinajstić information content (AvgIpc) is 2.82. The highest BCUT2D eigenvalue weighted by molar-refractivity contribution is 5.96. The number of amides is 1. The summed E-state index contributed by atoms with van der Waals surface area (Å²) in [7, 11) is 0. The van der Waals surface area contributed by atoms with Crippen LogP contribution in [0.5, 0.6) is 0 Å². The Bertz CT molecular complexity index is 1300. The third kappa shape index (κ3) is 5.15. The number of aromatic nitrogens is 2. The molecule has 0 unspecified atom stereocenters. The van der Waals surface area contributed by atoms with E-state index in [4.69, 9.17) is 5.11 Å². The van der Waals surface area contributed by atoms with Crippen molar-refractivity contribution in [3.8, 4) is 0 Å². The molecule has 3 N–H and O–H groups in total. The minimum absolute atomic E-state index is 0.00596. The van der Waals surface area contributed by atoms with Gasteiger partial charge in [0.25, 0.3) is 5.91 Å². The molecule has 4 rings (SSSR count). The standard InChI is InChI=1S/C23H19F3N4O5/c24-23(25,26)14-3-6-16-17(11-14)29-19(18(28-16)22(34)35)27-15-4-1-12(2-5-15)20(31)30-9-7-13(8-10-30)21(32)33/h1-6,11,13H,7-10H2,(H,27,29)(H,32,33)(H,34,35).